The van der Waals surface area contributed by atoms with Crippen molar-refractivity contribution in [1.29, 1.82) is 0 Å². The molecule has 2 aliphatic rings. The minimum absolute atomic E-state index is 0.486. The van der Waals surface area contributed by atoms with E-state index in [4.69, 9.17) is 4.52 Å². The second kappa shape index (κ2) is 5.85. The van der Waals surface area contributed by atoms with E-state index in [1.807, 2.05) is 42.5 Å². The molecule has 1 fully saturated rings. The molecule has 3 nitrogen and oxygen atoms in total. The Morgan fingerprint density at radius 2 is 2.05 bits per heavy atom. The van der Waals surface area contributed by atoms with Crippen LogP contribution in [0.2, 0.25) is 0 Å². The summed E-state index contributed by atoms with van der Waals surface area (Å²) in [4.78, 5) is 0. The van der Waals surface area contributed by atoms with Gasteiger partial charge in [-0.25, -0.2) is 0 Å². The van der Waals surface area contributed by atoms with Crippen molar-refractivity contribution in [3.63, 3.8) is 0 Å². The molecule has 0 bridgehead atoms. The molecule has 1 aromatic rings. The third kappa shape index (κ3) is 2.93. The number of aromatic nitrogens is 1. The van der Waals surface area contributed by atoms with Crippen LogP contribution in [0.4, 0.5) is 0 Å². The topological polar surface area (TPSA) is 38.1 Å². The zero-order valence-electron chi connectivity index (χ0n) is 10.9. The van der Waals surface area contributed by atoms with Gasteiger partial charge in [-0.1, -0.05) is 47.7 Å². The largest absolute Gasteiger partial charge is 0.356 e. The minimum Gasteiger partial charge on any atom is -0.356 e. The molecule has 2 heterocycles. The highest BCUT2D eigenvalue weighted by Gasteiger charge is 2.19. The van der Waals surface area contributed by atoms with Crippen molar-refractivity contribution in [3.05, 3.63) is 60.1 Å². The summed E-state index contributed by atoms with van der Waals surface area (Å²) in [7, 11) is 0. The van der Waals surface area contributed by atoms with E-state index in [-0.39, 0.29) is 0 Å². The standard InChI is InChI=1S/C16H18N2O/c1-2-4-7-13(8-5-3-1)16-11-15(18-19-16)14-9-6-10-17-12-14/h1-5,7-8,11,14,17H,6,9-10,12H2/b2-1-,3-1?,4-2?,5-3-,7-4-,8-5?,13-7?,13-8+. The molecule has 98 valence electrons. The monoisotopic (exact) mass is 254 g/mol. The van der Waals surface area contributed by atoms with Gasteiger partial charge in [-0.3, -0.25) is 0 Å². The first-order chi connectivity index (χ1) is 9.43. The first-order valence-corrected chi connectivity index (χ1v) is 6.83. The smallest absolute Gasteiger partial charge is 0.167 e. The molecule has 0 aromatic carbocycles. The third-order valence-corrected chi connectivity index (χ3v) is 3.52. The fourth-order valence-corrected chi connectivity index (χ4v) is 2.45. The highest BCUT2D eigenvalue weighted by atomic mass is 16.5. The van der Waals surface area contributed by atoms with E-state index in [9.17, 15) is 0 Å². The van der Waals surface area contributed by atoms with E-state index in [0.717, 1.165) is 30.1 Å². The fraction of sp³-hybridized carbons (Fsp3) is 0.312. The number of hydrogen-bond acceptors (Lipinski definition) is 3. The minimum atomic E-state index is 0.486. The van der Waals surface area contributed by atoms with E-state index in [1.165, 1.54) is 12.8 Å². The van der Waals surface area contributed by atoms with Crippen molar-refractivity contribution in [1.82, 2.24) is 10.5 Å². The first kappa shape index (κ1) is 12.2. The number of rotatable bonds is 2. The van der Waals surface area contributed by atoms with E-state index in [2.05, 4.69) is 16.5 Å². The van der Waals surface area contributed by atoms with Crippen molar-refractivity contribution in [3.8, 4) is 0 Å². The summed E-state index contributed by atoms with van der Waals surface area (Å²) in [6.07, 6.45) is 16.5. The molecule has 1 aliphatic heterocycles. The fourth-order valence-electron chi connectivity index (χ4n) is 2.45. The Kier molecular flexibility index (Phi) is 3.75. The van der Waals surface area contributed by atoms with Crippen molar-refractivity contribution in [2.45, 2.75) is 18.8 Å². The van der Waals surface area contributed by atoms with Gasteiger partial charge < -0.3 is 9.84 Å². The summed E-state index contributed by atoms with van der Waals surface area (Å²) in [5.74, 6) is 1.33. The van der Waals surface area contributed by atoms with Gasteiger partial charge in [0.25, 0.3) is 0 Å². The zero-order chi connectivity index (χ0) is 12.9. The lowest BCUT2D eigenvalue weighted by Gasteiger charge is -2.20. The van der Waals surface area contributed by atoms with Crippen LogP contribution in [0.15, 0.2) is 53.1 Å². The lowest BCUT2D eigenvalue weighted by Crippen LogP contribution is -2.28. The molecule has 1 aliphatic carbocycles. The number of allylic oxidation sites excluding steroid dienone is 8. The van der Waals surface area contributed by atoms with Crippen molar-refractivity contribution in [2.24, 2.45) is 0 Å². The van der Waals surface area contributed by atoms with Crippen LogP contribution in [0.1, 0.15) is 30.2 Å². The molecule has 0 radical (unpaired) electrons. The van der Waals surface area contributed by atoms with Crippen LogP contribution in [0.5, 0.6) is 0 Å². The molecule has 1 aromatic heterocycles. The number of nitrogens with zero attached hydrogens (tertiary/aromatic N) is 1. The SMILES string of the molecule is C1=C\C=C/C(c2cc(C3CCCNC3)no2)=C\C=C/1. The van der Waals surface area contributed by atoms with E-state index in [0.29, 0.717) is 5.92 Å². The van der Waals surface area contributed by atoms with Gasteiger partial charge in [0.05, 0.1) is 5.69 Å². The Balaban J connectivity index is 1.80. The van der Waals surface area contributed by atoms with Crippen LogP contribution in [0, 0.1) is 0 Å². The summed E-state index contributed by atoms with van der Waals surface area (Å²) in [6, 6.07) is 2.08. The Bertz CT molecular complexity index is 543. The average molecular weight is 254 g/mol. The van der Waals surface area contributed by atoms with Crippen LogP contribution in [-0.2, 0) is 0 Å². The van der Waals surface area contributed by atoms with Gasteiger partial charge in [-0.2, -0.15) is 0 Å². The van der Waals surface area contributed by atoms with Crippen LogP contribution < -0.4 is 5.32 Å². The van der Waals surface area contributed by atoms with Crippen molar-refractivity contribution >= 4 is 5.57 Å². The summed E-state index contributed by atoms with van der Waals surface area (Å²) in [5, 5.41) is 7.65. The van der Waals surface area contributed by atoms with Gasteiger partial charge >= 0.3 is 0 Å². The van der Waals surface area contributed by atoms with Crippen LogP contribution >= 0.6 is 0 Å². The Morgan fingerprint density at radius 3 is 2.95 bits per heavy atom. The molecule has 0 spiro atoms. The van der Waals surface area contributed by atoms with Crippen molar-refractivity contribution in [2.75, 3.05) is 13.1 Å². The highest BCUT2D eigenvalue weighted by molar-refractivity contribution is 5.72. The van der Waals surface area contributed by atoms with Gasteiger partial charge in [-0.05, 0) is 19.4 Å². The molecule has 1 saturated heterocycles. The maximum absolute atomic E-state index is 5.50. The third-order valence-electron chi connectivity index (χ3n) is 3.52. The molecule has 19 heavy (non-hydrogen) atoms. The Labute approximate surface area is 113 Å². The zero-order valence-corrected chi connectivity index (χ0v) is 10.9. The summed E-state index contributed by atoms with van der Waals surface area (Å²) in [6.45, 7) is 2.12. The van der Waals surface area contributed by atoms with E-state index in [1.54, 1.807) is 0 Å². The number of hydrogen-bond donors (Lipinski definition) is 1. The molecular formula is C16H18N2O. The Morgan fingerprint density at radius 1 is 1.16 bits per heavy atom. The van der Waals surface area contributed by atoms with E-state index >= 15 is 0 Å². The summed E-state index contributed by atoms with van der Waals surface area (Å²) >= 11 is 0. The maximum atomic E-state index is 5.50. The molecule has 1 unspecified atom stereocenters. The Hall–Kier alpha value is -1.87. The molecular weight excluding hydrogens is 236 g/mol. The lowest BCUT2D eigenvalue weighted by molar-refractivity contribution is 0.381. The van der Waals surface area contributed by atoms with Gasteiger partial charge in [0.15, 0.2) is 5.76 Å². The normalized spacial score (nSPS) is 30.7. The van der Waals surface area contributed by atoms with Crippen LogP contribution in [-0.4, -0.2) is 18.2 Å². The first-order valence-electron chi connectivity index (χ1n) is 6.83. The number of piperidine rings is 1. The molecule has 1 atom stereocenters. The van der Waals surface area contributed by atoms with Gasteiger partial charge in [0.1, 0.15) is 0 Å². The number of nitrogens with one attached hydrogen (secondary N) is 1. The van der Waals surface area contributed by atoms with Crippen molar-refractivity contribution < 1.29 is 4.52 Å². The molecule has 0 amide bonds. The summed E-state index contributed by atoms with van der Waals surface area (Å²) in [5.41, 5.74) is 2.13. The maximum Gasteiger partial charge on any atom is 0.167 e. The molecule has 3 heteroatoms. The molecule has 0 saturated carbocycles. The summed E-state index contributed by atoms with van der Waals surface area (Å²) < 4.78 is 5.50. The second-order valence-corrected chi connectivity index (χ2v) is 4.91. The van der Waals surface area contributed by atoms with Gasteiger partial charge in [-0.15, -0.1) is 0 Å². The van der Waals surface area contributed by atoms with Gasteiger partial charge in [0, 0.05) is 24.1 Å². The molecule has 3 rings (SSSR count). The van der Waals surface area contributed by atoms with Crippen LogP contribution in [0.25, 0.3) is 5.57 Å². The predicted octanol–water partition coefficient (Wildman–Crippen LogP) is 3.21. The second-order valence-electron chi connectivity index (χ2n) is 4.91. The van der Waals surface area contributed by atoms with Gasteiger partial charge in [0.2, 0.25) is 0 Å². The quantitative estimate of drug-likeness (QED) is 0.880. The van der Waals surface area contributed by atoms with Crippen LogP contribution in [0.3, 0.4) is 0 Å². The lowest BCUT2D eigenvalue weighted by atomic mass is 9.95. The predicted molar refractivity (Wildman–Crippen MR) is 76.7 cm³/mol. The van der Waals surface area contributed by atoms with E-state index < -0.39 is 0 Å². The molecule has 1 N–H and O–H groups in total. The average Bonchev–Trinajstić information content (AvgIpc) is 2.89. The highest BCUT2D eigenvalue weighted by Crippen LogP contribution is 2.26.